The minimum atomic E-state index is 0.0793. The van der Waals surface area contributed by atoms with Crippen LogP contribution >= 0.6 is 11.8 Å². The number of pyridine rings is 1. The van der Waals surface area contributed by atoms with Gasteiger partial charge in [0.25, 0.3) is 0 Å². The molecule has 1 unspecified atom stereocenters. The lowest BCUT2D eigenvalue weighted by atomic mass is 10.3. The minimum absolute atomic E-state index is 0.0793. The third-order valence-electron chi connectivity index (χ3n) is 4.41. The molecular formula is C17H24N2O2S. The van der Waals surface area contributed by atoms with E-state index >= 15 is 0 Å². The lowest BCUT2D eigenvalue weighted by molar-refractivity contribution is -0.127. The zero-order valence-corrected chi connectivity index (χ0v) is 14.0. The predicted molar refractivity (Wildman–Crippen MR) is 89.3 cm³/mol. The molecule has 0 bridgehead atoms. The SMILES string of the molecule is Cc1ccc(OC2CCN(C(=O)CSC3CCCC3)C2)nc1. The monoisotopic (exact) mass is 320 g/mol. The molecule has 1 saturated carbocycles. The molecule has 4 nitrogen and oxygen atoms in total. The molecule has 0 N–H and O–H groups in total. The minimum Gasteiger partial charge on any atom is -0.472 e. The number of aromatic nitrogens is 1. The number of thioether (sulfide) groups is 1. The van der Waals surface area contributed by atoms with Crippen molar-refractivity contribution in [1.82, 2.24) is 9.88 Å². The molecule has 22 heavy (non-hydrogen) atoms. The van der Waals surface area contributed by atoms with Crippen LogP contribution in [0.4, 0.5) is 0 Å². The third-order valence-corrected chi connectivity index (χ3v) is 5.77. The van der Waals surface area contributed by atoms with Crippen molar-refractivity contribution in [3.8, 4) is 5.88 Å². The van der Waals surface area contributed by atoms with Crippen molar-refractivity contribution in [2.24, 2.45) is 0 Å². The first-order valence-electron chi connectivity index (χ1n) is 8.19. The summed E-state index contributed by atoms with van der Waals surface area (Å²) in [6, 6.07) is 3.90. The molecule has 2 aliphatic rings. The number of carbonyl (C=O) groups is 1. The largest absolute Gasteiger partial charge is 0.472 e. The number of hydrogen-bond acceptors (Lipinski definition) is 4. The van der Waals surface area contributed by atoms with E-state index in [-0.39, 0.29) is 12.0 Å². The topological polar surface area (TPSA) is 42.4 Å². The van der Waals surface area contributed by atoms with Crippen LogP contribution in [0.2, 0.25) is 0 Å². The predicted octanol–water partition coefficient (Wildman–Crippen LogP) is 3.05. The molecule has 3 rings (SSSR count). The Kier molecular flexibility index (Phi) is 5.24. The maximum Gasteiger partial charge on any atom is 0.232 e. The van der Waals surface area contributed by atoms with Crippen molar-refractivity contribution in [3.63, 3.8) is 0 Å². The van der Waals surface area contributed by atoms with E-state index in [1.54, 1.807) is 0 Å². The molecule has 0 radical (unpaired) electrons. The van der Waals surface area contributed by atoms with Gasteiger partial charge in [-0.1, -0.05) is 18.9 Å². The van der Waals surface area contributed by atoms with Gasteiger partial charge in [-0.25, -0.2) is 4.98 Å². The van der Waals surface area contributed by atoms with E-state index in [4.69, 9.17) is 4.74 Å². The number of carbonyl (C=O) groups excluding carboxylic acids is 1. The van der Waals surface area contributed by atoms with E-state index < -0.39 is 0 Å². The van der Waals surface area contributed by atoms with Gasteiger partial charge in [-0.3, -0.25) is 4.79 Å². The summed E-state index contributed by atoms with van der Waals surface area (Å²) < 4.78 is 5.88. The van der Waals surface area contributed by atoms with Crippen molar-refractivity contribution in [3.05, 3.63) is 23.9 Å². The number of ether oxygens (including phenoxy) is 1. The highest BCUT2D eigenvalue weighted by Crippen LogP contribution is 2.29. The fourth-order valence-corrected chi connectivity index (χ4v) is 4.31. The van der Waals surface area contributed by atoms with E-state index in [1.165, 1.54) is 25.7 Å². The Labute approximate surface area is 136 Å². The van der Waals surface area contributed by atoms with E-state index in [1.807, 2.05) is 41.9 Å². The van der Waals surface area contributed by atoms with E-state index in [0.29, 0.717) is 23.4 Å². The van der Waals surface area contributed by atoms with Crippen LogP contribution in [0.1, 0.15) is 37.7 Å². The van der Waals surface area contributed by atoms with E-state index in [2.05, 4.69) is 4.98 Å². The van der Waals surface area contributed by atoms with Gasteiger partial charge in [-0.15, -0.1) is 11.8 Å². The second kappa shape index (κ2) is 7.36. The Bertz CT molecular complexity index is 500. The molecule has 1 amide bonds. The lowest BCUT2D eigenvalue weighted by Gasteiger charge is -2.18. The maximum atomic E-state index is 12.3. The van der Waals surface area contributed by atoms with Crippen molar-refractivity contribution in [2.75, 3.05) is 18.8 Å². The summed E-state index contributed by atoms with van der Waals surface area (Å²) >= 11 is 1.84. The molecular weight excluding hydrogens is 296 g/mol. The fourth-order valence-electron chi connectivity index (χ4n) is 3.08. The normalized spacial score (nSPS) is 22.2. The van der Waals surface area contributed by atoms with Crippen LogP contribution in [-0.2, 0) is 4.79 Å². The zero-order valence-electron chi connectivity index (χ0n) is 13.2. The first-order valence-corrected chi connectivity index (χ1v) is 9.24. The molecule has 1 atom stereocenters. The molecule has 1 aromatic heterocycles. The van der Waals surface area contributed by atoms with Gasteiger partial charge in [-0.05, 0) is 25.3 Å². The van der Waals surface area contributed by atoms with Gasteiger partial charge < -0.3 is 9.64 Å². The van der Waals surface area contributed by atoms with Gasteiger partial charge in [0.2, 0.25) is 11.8 Å². The van der Waals surface area contributed by atoms with Gasteiger partial charge in [-0.2, -0.15) is 0 Å². The Morgan fingerprint density at radius 2 is 2.18 bits per heavy atom. The van der Waals surface area contributed by atoms with Crippen LogP contribution in [0.3, 0.4) is 0 Å². The van der Waals surface area contributed by atoms with Crippen LogP contribution in [0.5, 0.6) is 5.88 Å². The van der Waals surface area contributed by atoms with Crippen molar-refractivity contribution >= 4 is 17.7 Å². The zero-order chi connectivity index (χ0) is 15.4. The lowest BCUT2D eigenvalue weighted by Crippen LogP contribution is -2.32. The first-order chi connectivity index (χ1) is 10.7. The molecule has 5 heteroatoms. The smallest absolute Gasteiger partial charge is 0.232 e. The highest BCUT2D eigenvalue weighted by atomic mass is 32.2. The maximum absolute atomic E-state index is 12.3. The Hall–Kier alpha value is -1.23. The van der Waals surface area contributed by atoms with Gasteiger partial charge in [0.05, 0.1) is 12.3 Å². The summed E-state index contributed by atoms with van der Waals surface area (Å²) in [6.45, 7) is 3.51. The third kappa shape index (κ3) is 4.15. The number of likely N-dealkylation sites (tertiary alicyclic amines) is 1. The van der Waals surface area contributed by atoms with Crippen molar-refractivity contribution in [1.29, 1.82) is 0 Å². The summed E-state index contributed by atoms with van der Waals surface area (Å²) in [5.41, 5.74) is 1.12. The van der Waals surface area contributed by atoms with Gasteiger partial charge in [0, 0.05) is 30.5 Å². The molecule has 1 aromatic rings. The quantitative estimate of drug-likeness (QED) is 0.836. The summed E-state index contributed by atoms with van der Waals surface area (Å²) in [7, 11) is 0. The molecule has 0 aromatic carbocycles. The number of amides is 1. The number of nitrogens with zero attached hydrogens (tertiary/aromatic N) is 2. The summed E-state index contributed by atoms with van der Waals surface area (Å²) in [6.07, 6.45) is 8.01. The second-order valence-electron chi connectivity index (χ2n) is 6.26. The summed E-state index contributed by atoms with van der Waals surface area (Å²) in [4.78, 5) is 18.5. The van der Waals surface area contributed by atoms with Gasteiger partial charge in [0.15, 0.2) is 0 Å². The number of hydrogen-bond donors (Lipinski definition) is 0. The van der Waals surface area contributed by atoms with Crippen LogP contribution in [0, 0.1) is 6.92 Å². The molecule has 2 heterocycles. The first kappa shape index (κ1) is 15.7. The average Bonchev–Trinajstić information content (AvgIpc) is 3.19. The van der Waals surface area contributed by atoms with Gasteiger partial charge in [0.1, 0.15) is 6.10 Å². The molecule has 120 valence electrons. The molecule has 1 saturated heterocycles. The van der Waals surface area contributed by atoms with E-state index in [0.717, 1.165) is 18.5 Å². The van der Waals surface area contributed by atoms with Crippen LogP contribution in [0.25, 0.3) is 0 Å². The van der Waals surface area contributed by atoms with E-state index in [9.17, 15) is 4.79 Å². The summed E-state index contributed by atoms with van der Waals surface area (Å²) in [5.74, 6) is 1.55. The Morgan fingerprint density at radius 3 is 2.91 bits per heavy atom. The van der Waals surface area contributed by atoms with Crippen molar-refractivity contribution < 1.29 is 9.53 Å². The fraction of sp³-hybridized carbons (Fsp3) is 0.647. The molecule has 2 fully saturated rings. The molecule has 1 aliphatic carbocycles. The highest BCUT2D eigenvalue weighted by molar-refractivity contribution is 8.00. The average molecular weight is 320 g/mol. The Morgan fingerprint density at radius 1 is 1.36 bits per heavy atom. The van der Waals surface area contributed by atoms with Crippen molar-refractivity contribution in [2.45, 2.75) is 50.4 Å². The number of rotatable bonds is 5. The number of aryl methyl sites for hydroxylation is 1. The second-order valence-corrected chi connectivity index (χ2v) is 7.55. The van der Waals surface area contributed by atoms with Crippen LogP contribution in [-0.4, -0.2) is 46.0 Å². The highest BCUT2D eigenvalue weighted by Gasteiger charge is 2.28. The summed E-state index contributed by atoms with van der Waals surface area (Å²) in [5, 5.41) is 0.704. The molecule has 0 spiro atoms. The standard InChI is InChI=1S/C17H24N2O2S/c1-13-6-7-16(18-10-13)21-14-8-9-19(11-14)17(20)12-22-15-4-2-3-5-15/h6-7,10,14-15H,2-5,8-9,11-12H2,1H3. The Balaban J connectivity index is 1.42. The molecule has 1 aliphatic heterocycles. The van der Waals surface area contributed by atoms with Gasteiger partial charge >= 0.3 is 0 Å². The van der Waals surface area contributed by atoms with Crippen LogP contribution in [0.15, 0.2) is 18.3 Å². The van der Waals surface area contributed by atoms with Crippen LogP contribution < -0.4 is 4.74 Å².